The van der Waals surface area contributed by atoms with Crippen molar-refractivity contribution in [2.45, 2.75) is 198 Å². The molecule has 0 atom stereocenters. The van der Waals surface area contributed by atoms with E-state index in [1.165, 1.54) is 31.0 Å². The maximum Gasteiger partial charge on any atom is 0.343 e. The molecule has 4 saturated heterocycles. The summed E-state index contributed by atoms with van der Waals surface area (Å²) >= 11 is 6.15. The van der Waals surface area contributed by atoms with Gasteiger partial charge in [0.1, 0.15) is 39.3 Å². The number of carboxylic acid groups (broad SMARTS) is 1. The van der Waals surface area contributed by atoms with E-state index in [2.05, 4.69) is 100 Å². The Kier molecular flexibility index (Phi) is 39.5. The normalized spacial score (nSPS) is 14.1. The predicted molar refractivity (Wildman–Crippen MR) is 481 cm³/mol. The molecular formula is C87H119ClN22O18. The van der Waals surface area contributed by atoms with Crippen LogP contribution in [0.1, 0.15) is 210 Å². The molecule has 16 rings (SSSR count). The van der Waals surface area contributed by atoms with Crippen LogP contribution in [-0.4, -0.2) is 254 Å². The van der Waals surface area contributed by atoms with Crippen molar-refractivity contribution in [1.82, 2.24) is 89.4 Å². The number of carbonyl (C=O) groups excluding carboxylic acids is 5. The minimum atomic E-state index is -0.979. The third-order valence-corrected chi connectivity index (χ3v) is 20.6. The molecule has 12 aromatic rings. The maximum atomic E-state index is 12.3. The van der Waals surface area contributed by atoms with Gasteiger partial charge in [-0.15, -0.1) is 0 Å². The van der Waals surface area contributed by atoms with E-state index in [1.54, 1.807) is 87.4 Å². The molecule has 40 nitrogen and oxygen atoms in total. The summed E-state index contributed by atoms with van der Waals surface area (Å²) in [5.74, 6) is -2.08. The summed E-state index contributed by atoms with van der Waals surface area (Å²) in [4.78, 5) is 96.7. The zero-order valence-corrected chi connectivity index (χ0v) is 74.5. The van der Waals surface area contributed by atoms with Crippen LogP contribution in [0.4, 0.5) is 17.1 Å². The van der Waals surface area contributed by atoms with E-state index in [4.69, 9.17) is 69.4 Å². The van der Waals surface area contributed by atoms with E-state index in [0.717, 1.165) is 161 Å². The van der Waals surface area contributed by atoms with E-state index in [9.17, 15) is 33.9 Å². The number of fused-ring (bicyclic) bond motifs is 6. The number of pyridine rings is 6. The van der Waals surface area contributed by atoms with Crippen LogP contribution in [-0.2, 0) is 68.8 Å². The van der Waals surface area contributed by atoms with Crippen molar-refractivity contribution < 1.29 is 86.0 Å². The lowest BCUT2D eigenvalue weighted by Crippen LogP contribution is -2.29. The van der Waals surface area contributed by atoms with Crippen molar-refractivity contribution in [3.05, 3.63) is 113 Å². The maximum absolute atomic E-state index is 12.3. The summed E-state index contributed by atoms with van der Waals surface area (Å²) in [6.45, 7) is 32.2. The minimum Gasteiger partial charge on any atom is -0.492 e. The average Bonchev–Trinajstić information content (AvgIpc) is 1.64. The van der Waals surface area contributed by atoms with Gasteiger partial charge in [0.25, 0.3) is 0 Å². The monoisotopic (exact) mass is 1790 g/mol. The molecule has 12 aromatic heterocycles. The van der Waals surface area contributed by atoms with E-state index < -0.39 is 23.9 Å². The summed E-state index contributed by atoms with van der Waals surface area (Å²) in [5, 5.41) is 55.1. The van der Waals surface area contributed by atoms with E-state index in [0.29, 0.717) is 156 Å². The summed E-state index contributed by atoms with van der Waals surface area (Å²) in [7, 11) is 0. The lowest BCUT2D eigenvalue weighted by atomic mass is 10.1. The molecule has 0 bridgehead atoms. The number of aromatic nitrogens is 18. The van der Waals surface area contributed by atoms with Crippen LogP contribution in [0.3, 0.4) is 0 Å². The molecular weight excluding hydrogens is 1680 g/mol. The summed E-state index contributed by atoms with van der Waals surface area (Å²) in [5.41, 5.74) is 13.8. The smallest absolute Gasteiger partial charge is 0.343 e. The molecule has 4 aliphatic heterocycles. The molecule has 128 heavy (non-hydrogen) atoms. The van der Waals surface area contributed by atoms with Gasteiger partial charge >= 0.3 is 35.8 Å². The Bertz CT molecular complexity index is 5570. The quantitative estimate of drug-likeness (QED) is 0.0186. The van der Waals surface area contributed by atoms with Gasteiger partial charge in [0, 0.05) is 140 Å². The van der Waals surface area contributed by atoms with Gasteiger partial charge in [-0.1, -0.05) is 32.9 Å². The molecule has 0 aromatic carbocycles. The van der Waals surface area contributed by atoms with Crippen LogP contribution in [0.5, 0.6) is 11.5 Å². The first-order chi connectivity index (χ1) is 61.8. The van der Waals surface area contributed by atoms with Gasteiger partial charge in [-0.05, 0) is 127 Å². The second-order valence-corrected chi connectivity index (χ2v) is 29.2. The molecule has 692 valence electrons. The van der Waals surface area contributed by atoms with Crippen molar-refractivity contribution in [1.29, 1.82) is 0 Å². The lowest BCUT2D eigenvalue weighted by molar-refractivity contribution is 0.0512. The number of nitrogens with zero attached hydrogens (tertiary/aromatic N) is 16. The van der Waals surface area contributed by atoms with Gasteiger partial charge in [0.15, 0.2) is 33.9 Å². The van der Waals surface area contributed by atoms with Gasteiger partial charge in [0.05, 0.1) is 143 Å². The average molecular weight is 1800 g/mol. The Morgan fingerprint density at radius 3 is 1.10 bits per heavy atom. The Morgan fingerprint density at radius 2 is 0.703 bits per heavy atom. The van der Waals surface area contributed by atoms with Crippen molar-refractivity contribution in [2.24, 2.45) is 5.73 Å². The van der Waals surface area contributed by atoms with Gasteiger partial charge in [-0.25, -0.2) is 77.4 Å². The molecule has 0 radical (unpaired) electrons. The van der Waals surface area contributed by atoms with Crippen molar-refractivity contribution >= 4 is 131 Å². The number of H-pyrrole nitrogens is 2. The predicted octanol–water partition coefficient (Wildman–Crippen LogP) is 13.1. The van der Waals surface area contributed by atoms with Crippen molar-refractivity contribution in [3.8, 4) is 11.5 Å². The van der Waals surface area contributed by atoms with Gasteiger partial charge in [0.2, 0.25) is 0 Å². The Labute approximate surface area is 745 Å². The van der Waals surface area contributed by atoms with Crippen LogP contribution in [0.15, 0.2) is 74.4 Å². The fourth-order valence-corrected chi connectivity index (χ4v) is 14.2. The second kappa shape index (κ2) is 50.8. The molecule has 0 aliphatic carbocycles. The molecule has 4 aliphatic rings. The number of carbonyl (C=O) groups is 6. The Balaban J connectivity index is 0.000000171. The number of nitrogens with two attached hydrogens (primary N) is 1. The number of hydrogen-bond acceptors (Lipinski definition) is 33. The van der Waals surface area contributed by atoms with Crippen LogP contribution < -0.4 is 31.2 Å². The topological polar surface area (TPSA) is 492 Å². The number of anilines is 3. The van der Waals surface area contributed by atoms with Crippen LogP contribution >= 0.6 is 11.6 Å². The minimum absolute atomic E-state index is 0. The largest absolute Gasteiger partial charge is 0.492 e. The molecule has 0 amide bonds. The van der Waals surface area contributed by atoms with E-state index in [-0.39, 0.29) is 48.6 Å². The zero-order valence-electron chi connectivity index (χ0n) is 73.7. The molecule has 4 fully saturated rings. The molecule has 41 heteroatoms. The van der Waals surface area contributed by atoms with Gasteiger partial charge < -0.3 is 78.9 Å². The third-order valence-electron chi connectivity index (χ3n) is 20.2. The third kappa shape index (κ3) is 25.7. The summed E-state index contributed by atoms with van der Waals surface area (Å²) in [6.07, 6.45) is 28.3. The second-order valence-electron chi connectivity index (χ2n) is 28.8. The Morgan fingerprint density at radius 1 is 0.391 bits per heavy atom. The first-order valence-corrected chi connectivity index (χ1v) is 43.6. The van der Waals surface area contributed by atoms with Gasteiger partial charge in [-0.2, -0.15) is 30.6 Å². The van der Waals surface area contributed by atoms with Gasteiger partial charge in [-0.3, -0.25) is 10.2 Å². The number of rotatable bonds is 27. The number of esters is 5. The number of ether oxygens (including phenoxy) is 11. The lowest BCUT2D eigenvalue weighted by Gasteiger charge is -2.25. The molecule has 8 N–H and O–H groups in total. The number of aromatic carboxylic acids is 1. The SMILES string of the molecule is C.CCCn1ncc2c(NC3CCOCC3)c(C(=O)O)cnc21.CCCn1ncc2c(NC3CCOCC3)c(C(=O)OCC)cnc21.CCOC(=O)c1cnc2[nH]ncc2c1NC1CCOCC1.CCOC(=O)c1cnc2[nH]ncc2c1OCC.CCOC(=O)c1cnc2c(cnn2CC)c1Cl.CCOC(=O)c1cnc2c(cnn2CC)c1OCC.NC1CCOCC1. The summed E-state index contributed by atoms with van der Waals surface area (Å²) < 4.78 is 64.6. The van der Waals surface area contributed by atoms with Crippen LogP contribution in [0, 0.1) is 0 Å². The highest BCUT2D eigenvalue weighted by molar-refractivity contribution is 6.38. The summed E-state index contributed by atoms with van der Waals surface area (Å²) in [6, 6.07) is 1.17. The highest BCUT2D eigenvalue weighted by Gasteiger charge is 2.28. The Hall–Kier alpha value is -12.4. The standard InChI is InChI=1S/C17H24N4O3.C15H20N4O3.C14H18N4O3.C13H17N3O3.C11H12ClN3O2.C11H13N3O3.C5H11NO.CH4/c1-3-7-21-16-13(11-19-21)15(20-12-5-8-23-9-6-12)14(10-18-16)17(22)24-4-2;1-2-5-19-14-11(9-17-19)13(12(8-16-14)15(20)21)18-10-3-6-22-7-4-10;1-2-21-14(19)11-7-15-13-10(8-16-18-13)12(11)17-9-3-5-20-6-4-9;1-4-16-12-9(8-15-16)11(18-5-2)10(7-14-12)13(17)19-6-3;1-3-15-10-7(6-14-15)9(12)8(5-13-10)11(16)17-4-2;1-3-16-9-7-6-13-14-10(7)12-5-8(9)11(15)17-4-2;6-5-1-3-7-4-2-5;/h10-12H,3-9H2,1-2H3,(H,18,20);8-10H,2-7H2,1H3,(H,16,18)(H,20,21);7-9H,2-6H2,1H3,(H2,15,16,17,18);7-8H,4-6H2,1-3H3;5-6H,3-4H2,1-2H3;5-6H,3-4H2,1-2H3,(H,12,13,14);5H,1-4,6H2;1H4. The van der Waals surface area contributed by atoms with E-state index in [1.807, 2.05) is 37.1 Å². The van der Waals surface area contributed by atoms with Crippen LogP contribution in [0.2, 0.25) is 5.02 Å². The first kappa shape index (κ1) is 99.4. The zero-order chi connectivity index (χ0) is 90.7. The van der Waals surface area contributed by atoms with Crippen LogP contribution in [0.25, 0.3) is 66.2 Å². The number of aromatic amines is 2. The van der Waals surface area contributed by atoms with E-state index >= 15 is 0 Å². The number of aryl methyl sites for hydroxylation is 4. The highest BCUT2D eigenvalue weighted by atomic mass is 35.5. The number of nitrogens with one attached hydrogen (secondary N) is 5. The number of hydrogen-bond donors (Lipinski definition) is 7. The molecule has 0 saturated carbocycles. The molecule has 16 heterocycles. The van der Waals surface area contributed by atoms with Crippen molar-refractivity contribution in [2.75, 3.05) is 115 Å². The molecule has 0 spiro atoms. The fraction of sp³-hybridized carbons (Fsp3) is 0.517. The fourth-order valence-electron chi connectivity index (χ4n) is 13.9. The first-order valence-electron chi connectivity index (χ1n) is 43.2. The highest BCUT2D eigenvalue weighted by Crippen LogP contribution is 2.35. The molecule has 0 unspecified atom stereocenters. The number of carboxylic acids is 1. The number of halogens is 1. The van der Waals surface area contributed by atoms with Crippen molar-refractivity contribution in [3.63, 3.8) is 0 Å².